The predicted molar refractivity (Wildman–Crippen MR) is 104 cm³/mol. The Morgan fingerprint density at radius 2 is 2.04 bits per heavy atom. The van der Waals surface area contributed by atoms with Crippen LogP contribution in [0.3, 0.4) is 0 Å². The van der Waals surface area contributed by atoms with E-state index in [4.69, 9.17) is 23.8 Å². The first-order valence-electron chi connectivity index (χ1n) is 7.10. The number of benzene rings is 2. The average molecular weight is 378 g/mol. The second kappa shape index (κ2) is 7.79. The Morgan fingerprint density at radius 1 is 1.25 bits per heavy atom. The second-order valence-corrected chi connectivity index (χ2v) is 6.76. The summed E-state index contributed by atoms with van der Waals surface area (Å²) in [5.41, 5.74) is 5.13. The fraction of sp³-hybridized carbons (Fsp3) is 0.0588. The largest absolute Gasteiger partial charge is 0.331 e. The van der Waals surface area contributed by atoms with Gasteiger partial charge >= 0.3 is 0 Å². The Morgan fingerprint density at radius 3 is 2.83 bits per heavy atom. The van der Waals surface area contributed by atoms with Gasteiger partial charge in [-0.2, -0.15) is 5.10 Å². The third-order valence-electron chi connectivity index (χ3n) is 3.26. The van der Waals surface area contributed by atoms with Crippen LogP contribution in [0.25, 0.3) is 5.03 Å². The van der Waals surface area contributed by atoms with Gasteiger partial charge in [-0.1, -0.05) is 29.8 Å². The van der Waals surface area contributed by atoms with Gasteiger partial charge in [0.15, 0.2) is 5.11 Å². The molecule has 0 spiro atoms. The summed E-state index contributed by atoms with van der Waals surface area (Å²) in [6.45, 7) is 0. The number of anilines is 1. The number of hydrogen-bond acceptors (Lipinski definition) is 3. The molecule has 1 aliphatic heterocycles. The van der Waals surface area contributed by atoms with Crippen LogP contribution in [0.4, 0.5) is 10.1 Å². The first kappa shape index (κ1) is 17.0. The summed E-state index contributed by atoms with van der Waals surface area (Å²) in [6, 6.07) is 14.2. The molecule has 2 aromatic rings. The molecular weight excluding hydrogens is 365 g/mol. The lowest BCUT2D eigenvalue weighted by molar-refractivity contribution is 0.626. The normalized spacial score (nSPS) is 13.8. The molecule has 0 bridgehead atoms. The summed E-state index contributed by atoms with van der Waals surface area (Å²) < 4.78 is 13.4. The zero-order valence-corrected chi connectivity index (χ0v) is 14.8. The highest BCUT2D eigenvalue weighted by molar-refractivity contribution is 7.99. The summed E-state index contributed by atoms with van der Waals surface area (Å²) in [4.78, 5) is 0.966. The number of hydrogen-bond donors (Lipinski definition) is 2. The molecule has 0 saturated carbocycles. The molecule has 2 N–H and O–H groups in total. The Balaban J connectivity index is 1.66. The number of para-hydroxylation sites is 1. The van der Waals surface area contributed by atoms with Crippen molar-refractivity contribution in [2.75, 3.05) is 11.1 Å². The van der Waals surface area contributed by atoms with Gasteiger partial charge in [-0.15, -0.1) is 11.8 Å². The number of halogens is 2. The van der Waals surface area contributed by atoms with E-state index in [0.29, 0.717) is 21.5 Å². The van der Waals surface area contributed by atoms with Gasteiger partial charge in [0.05, 0.1) is 11.2 Å². The first-order valence-corrected chi connectivity index (χ1v) is 8.87. The van der Waals surface area contributed by atoms with Crippen molar-refractivity contribution in [3.63, 3.8) is 0 Å². The van der Waals surface area contributed by atoms with Crippen molar-refractivity contribution in [1.82, 2.24) is 5.43 Å². The summed E-state index contributed by atoms with van der Waals surface area (Å²) in [5, 5.41) is 8.01. The van der Waals surface area contributed by atoms with Crippen LogP contribution in [-0.2, 0) is 0 Å². The van der Waals surface area contributed by atoms with Crippen molar-refractivity contribution in [2.45, 2.75) is 4.90 Å². The van der Waals surface area contributed by atoms with E-state index in [2.05, 4.69) is 15.8 Å². The Bertz CT molecular complexity index is 822. The van der Waals surface area contributed by atoms with Crippen LogP contribution < -0.4 is 10.7 Å². The molecule has 2 aromatic carbocycles. The zero-order chi connectivity index (χ0) is 16.9. The molecule has 0 atom stereocenters. The van der Waals surface area contributed by atoms with Crippen molar-refractivity contribution < 1.29 is 4.39 Å². The maximum absolute atomic E-state index is 13.4. The molecule has 0 unspecified atom stereocenters. The van der Waals surface area contributed by atoms with E-state index in [-0.39, 0.29) is 5.82 Å². The lowest BCUT2D eigenvalue weighted by atomic mass is 10.1. The van der Waals surface area contributed by atoms with Gasteiger partial charge in [0.1, 0.15) is 5.82 Å². The Hall–Kier alpha value is -1.89. The van der Waals surface area contributed by atoms with Crippen molar-refractivity contribution in [3.05, 3.63) is 65.5 Å². The number of nitrogens with zero attached hydrogens (tertiary/aromatic N) is 1. The molecule has 0 saturated heterocycles. The minimum absolute atomic E-state index is 0.308. The highest BCUT2D eigenvalue weighted by Gasteiger charge is 2.17. The third-order valence-corrected chi connectivity index (χ3v) is 5.02. The van der Waals surface area contributed by atoms with E-state index < -0.39 is 0 Å². The minimum atomic E-state index is -0.308. The average Bonchev–Trinajstić information content (AvgIpc) is 2.58. The Kier molecular flexibility index (Phi) is 5.50. The smallest absolute Gasteiger partial charge is 0.191 e. The molecule has 24 heavy (non-hydrogen) atoms. The number of hydrazone groups is 1. The second-order valence-electron chi connectivity index (χ2n) is 4.96. The third kappa shape index (κ3) is 4.14. The molecule has 1 heterocycles. The SMILES string of the molecule is Fc1ccc2c(c1)C(Cl)=C(/C=N/NC(=S)Nc1ccccc1)CS2. The zero-order valence-electron chi connectivity index (χ0n) is 12.4. The molecule has 0 amide bonds. The monoisotopic (exact) mass is 377 g/mol. The predicted octanol–water partition coefficient (Wildman–Crippen LogP) is 4.85. The van der Waals surface area contributed by atoms with Crippen molar-refractivity contribution in [3.8, 4) is 0 Å². The molecule has 7 heteroatoms. The van der Waals surface area contributed by atoms with Crippen LogP contribution in [0.15, 0.2) is 64.1 Å². The molecule has 0 aromatic heterocycles. The van der Waals surface area contributed by atoms with Gasteiger partial charge in [-0.05, 0) is 42.5 Å². The topological polar surface area (TPSA) is 36.4 Å². The maximum Gasteiger partial charge on any atom is 0.191 e. The number of rotatable bonds is 3. The molecule has 0 aliphatic carbocycles. The van der Waals surface area contributed by atoms with Crippen LogP contribution in [0.5, 0.6) is 0 Å². The van der Waals surface area contributed by atoms with Crippen LogP contribution in [-0.4, -0.2) is 17.1 Å². The van der Waals surface area contributed by atoms with E-state index in [0.717, 1.165) is 16.2 Å². The molecule has 3 nitrogen and oxygen atoms in total. The van der Waals surface area contributed by atoms with E-state index in [1.165, 1.54) is 12.1 Å². The highest BCUT2D eigenvalue weighted by atomic mass is 35.5. The van der Waals surface area contributed by atoms with Crippen molar-refractivity contribution >= 4 is 57.6 Å². The van der Waals surface area contributed by atoms with Gasteiger partial charge in [-0.25, -0.2) is 4.39 Å². The summed E-state index contributed by atoms with van der Waals surface area (Å²) in [5.74, 6) is 0.360. The lowest BCUT2D eigenvalue weighted by Crippen LogP contribution is -2.24. The van der Waals surface area contributed by atoms with Crippen molar-refractivity contribution in [2.24, 2.45) is 5.10 Å². The van der Waals surface area contributed by atoms with Gasteiger partial charge in [0.2, 0.25) is 0 Å². The Labute approximate surface area is 154 Å². The fourth-order valence-corrected chi connectivity index (χ4v) is 3.72. The summed E-state index contributed by atoms with van der Waals surface area (Å²) >= 11 is 13.1. The van der Waals surface area contributed by atoms with Gasteiger partial charge in [0, 0.05) is 27.5 Å². The molecule has 122 valence electrons. The van der Waals surface area contributed by atoms with Gasteiger partial charge in [-0.3, -0.25) is 5.43 Å². The molecule has 3 rings (SSSR count). The quantitative estimate of drug-likeness (QED) is 0.455. The molecule has 1 aliphatic rings. The number of thiocarbonyl (C=S) groups is 1. The molecule has 0 radical (unpaired) electrons. The van der Waals surface area contributed by atoms with Crippen molar-refractivity contribution in [1.29, 1.82) is 0 Å². The lowest BCUT2D eigenvalue weighted by Gasteiger charge is -2.17. The van der Waals surface area contributed by atoms with Crippen LogP contribution in [0.2, 0.25) is 0 Å². The molecule has 0 fully saturated rings. The number of thioether (sulfide) groups is 1. The van der Waals surface area contributed by atoms with Crippen LogP contribution in [0, 0.1) is 5.82 Å². The van der Waals surface area contributed by atoms with E-state index in [9.17, 15) is 4.39 Å². The maximum atomic E-state index is 13.4. The van der Waals surface area contributed by atoms with Gasteiger partial charge in [0.25, 0.3) is 0 Å². The van der Waals surface area contributed by atoms with E-state index in [1.54, 1.807) is 24.0 Å². The van der Waals surface area contributed by atoms with Crippen LogP contribution in [0.1, 0.15) is 5.56 Å². The summed E-state index contributed by atoms with van der Waals surface area (Å²) in [6.07, 6.45) is 1.61. The fourth-order valence-electron chi connectivity index (χ4n) is 2.13. The molecular formula is C17H13ClFN3S2. The van der Waals surface area contributed by atoms with Crippen LogP contribution >= 0.6 is 35.6 Å². The van der Waals surface area contributed by atoms with E-state index in [1.807, 2.05) is 30.3 Å². The van der Waals surface area contributed by atoms with E-state index >= 15 is 0 Å². The number of fused-ring (bicyclic) bond motifs is 1. The highest BCUT2D eigenvalue weighted by Crippen LogP contribution is 2.38. The van der Waals surface area contributed by atoms with Gasteiger partial charge < -0.3 is 5.32 Å². The summed E-state index contributed by atoms with van der Waals surface area (Å²) in [7, 11) is 0. The minimum Gasteiger partial charge on any atom is -0.331 e. The standard InChI is InChI=1S/C17H13ClFN3S2/c18-16-11(10-24-15-7-6-12(19)8-14(15)16)9-20-22-17(23)21-13-4-2-1-3-5-13/h1-9H,10H2,(H2,21,22,23)/b20-9+. The number of nitrogens with one attached hydrogen (secondary N) is 2. The first-order chi connectivity index (χ1) is 11.6.